The van der Waals surface area contributed by atoms with Crippen LogP contribution in [0.5, 0.6) is 5.75 Å². The van der Waals surface area contributed by atoms with E-state index in [1.54, 1.807) is 19.2 Å². The lowest BCUT2D eigenvalue weighted by Crippen LogP contribution is -2.62. The van der Waals surface area contributed by atoms with Gasteiger partial charge in [-0.15, -0.1) is 0 Å². The van der Waals surface area contributed by atoms with E-state index in [0.29, 0.717) is 31.1 Å². The topological polar surface area (TPSA) is 61.8 Å². The molecule has 1 amide bonds. The summed E-state index contributed by atoms with van der Waals surface area (Å²) in [7, 11) is 1.57. The van der Waals surface area contributed by atoms with Crippen molar-refractivity contribution in [1.29, 1.82) is 0 Å². The molecule has 19 heavy (non-hydrogen) atoms. The van der Waals surface area contributed by atoms with Gasteiger partial charge in [0, 0.05) is 13.1 Å². The Bertz CT molecular complexity index is 456. The highest BCUT2D eigenvalue weighted by molar-refractivity contribution is 5.93. The largest absolute Gasteiger partial charge is 0.495 e. The number of methoxy groups -OCH3 is 1. The number of benzene rings is 1. The van der Waals surface area contributed by atoms with E-state index in [2.05, 4.69) is 5.32 Å². The molecule has 0 unspecified atom stereocenters. The zero-order valence-corrected chi connectivity index (χ0v) is 11.3. The third-order valence-corrected chi connectivity index (χ3v) is 3.44. The van der Waals surface area contributed by atoms with Crippen LogP contribution in [0.15, 0.2) is 24.3 Å². The SMILES string of the molecule is CCC1(O)CN(CC(=O)Nc2ccccc2OC)C1. The van der Waals surface area contributed by atoms with E-state index in [1.165, 1.54) is 0 Å². The zero-order chi connectivity index (χ0) is 13.9. The Morgan fingerprint density at radius 2 is 2.16 bits per heavy atom. The Morgan fingerprint density at radius 1 is 1.47 bits per heavy atom. The lowest BCUT2D eigenvalue weighted by molar-refractivity contribution is -0.128. The molecule has 0 spiro atoms. The number of rotatable bonds is 5. The Hall–Kier alpha value is -1.59. The molecule has 1 aromatic rings. The number of aliphatic hydroxyl groups is 1. The lowest BCUT2D eigenvalue weighted by atomic mass is 9.91. The number of carbonyl (C=O) groups is 1. The van der Waals surface area contributed by atoms with Crippen molar-refractivity contribution in [2.75, 3.05) is 32.1 Å². The van der Waals surface area contributed by atoms with E-state index in [1.807, 2.05) is 24.0 Å². The van der Waals surface area contributed by atoms with Gasteiger partial charge in [-0.25, -0.2) is 0 Å². The van der Waals surface area contributed by atoms with Gasteiger partial charge in [0.25, 0.3) is 0 Å². The Labute approximate surface area is 113 Å². The average molecular weight is 264 g/mol. The van der Waals surface area contributed by atoms with Gasteiger partial charge in [-0.2, -0.15) is 0 Å². The van der Waals surface area contributed by atoms with E-state index in [9.17, 15) is 9.90 Å². The van der Waals surface area contributed by atoms with Crippen molar-refractivity contribution in [3.8, 4) is 5.75 Å². The molecule has 0 radical (unpaired) electrons. The van der Waals surface area contributed by atoms with Gasteiger partial charge in [0.15, 0.2) is 0 Å². The van der Waals surface area contributed by atoms with Crippen LogP contribution in [-0.2, 0) is 4.79 Å². The summed E-state index contributed by atoms with van der Waals surface area (Å²) < 4.78 is 5.17. The summed E-state index contributed by atoms with van der Waals surface area (Å²) in [4.78, 5) is 13.8. The Kier molecular flexibility index (Phi) is 4.07. The maximum Gasteiger partial charge on any atom is 0.238 e. The molecular weight excluding hydrogens is 244 g/mol. The second-order valence-electron chi connectivity index (χ2n) is 4.97. The van der Waals surface area contributed by atoms with E-state index in [0.717, 1.165) is 6.42 Å². The van der Waals surface area contributed by atoms with Crippen LogP contribution in [0, 0.1) is 0 Å². The molecule has 1 aliphatic rings. The average Bonchev–Trinajstić information content (AvgIpc) is 2.37. The van der Waals surface area contributed by atoms with Crippen molar-refractivity contribution in [3.05, 3.63) is 24.3 Å². The number of nitrogens with one attached hydrogen (secondary N) is 1. The number of likely N-dealkylation sites (tertiary alicyclic amines) is 1. The summed E-state index contributed by atoms with van der Waals surface area (Å²) in [5.74, 6) is 0.548. The van der Waals surface area contributed by atoms with Crippen molar-refractivity contribution in [2.24, 2.45) is 0 Å². The minimum Gasteiger partial charge on any atom is -0.495 e. The quantitative estimate of drug-likeness (QED) is 0.835. The molecule has 0 saturated carbocycles. The molecule has 1 aromatic carbocycles. The number of ether oxygens (including phenoxy) is 1. The molecular formula is C14H20N2O3. The molecule has 2 rings (SSSR count). The standard InChI is InChI=1S/C14H20N2O3/c1-3-14(18)9-16(10-14)8-13(17)15-11-6-4-5-7-12(11)19-2/h4-7,18H,3,8-10H2,1-2H3,(H,15,17). The fraction of sp³-hybridized carbons (Fsp3) is 0.500. The predicted octanol–water partition coefficient (Wildman–Crippen LogP) is 1.09. The van der Waals surface area contributed by atoms with Gasteiger partial charge in [0.1, 0.15) is 5.75 Å². The molecule has 104 valence electrons. The van der Waals surface area contributed by atoms with Gasteiger partial charge in [-0.05, 0) is 18.6 Å². The highest BCUT2D eigenvalue weighted by Gasteiger charge is 2.39. The van der Waals surface area contributed by atoms with Crippen molar-refractivity contribution in [2.45, 2.75) is 18.9 Å². The van der Waals surface area contributed by atoms with Crippen LogP contribution in [0.2, 0.25) is 0 Å². The molecule has 5 heteroatoms. The van der Waals surface area contributed by atoms with E-state index < -0.39 is 5.60 Å². The number of para-hydroxylation sites is 2. The van der Waals surface area contributed by atoms with Crippen LogP contribution in [0.3, 0.4) is 0 Å². The number of β-amino-alcohol motifs (C(OH)–C–C–N with tert-alkyl or cyclic N) is 1. The maximum atomic E-state index is 11.9. The van der Waals surface area contributed by atoms with E-state index in [4.69, 9.17) is 4.74 Å². The predicted molar refractivity (Wildman–Crippen MR) is 73.3 cm³/mol. The van der Waals surface area contributed by atoms with Gasteiger partial charge >= 0.3 is 0 Å². The summed E-state index contributed by atoms with van der Waals surface area (Å²) in [6.07, 6.45) is 0.720. The van der Waals surface area contributed by atoms with Gasteiger partial charge < -0.3 is 15.2 Å². The minimum atomic E-state index is -0.606. The first-order valence-corrected chi connectivity index (χ1v) is 6.44. The molecule has 5 nitrogen and oxygen atoms in total. The monoisotopic (exact) mass is 264 g/mol. The van der Waals surface area contributed by atoms with Gasteiger partial charge in [0.05, 0.1) is 24.9 Å². The second-order valence-corrected chi connectivity index (χ2v) is 4.97. The number of hydrogen-bond donors (Lipinski definition) is 2. The van der Waals surface area contributed by atoms with Gasteiger partial charge in [-0.1, -0.05) is 19.1 Å². The van der Waals surface area contributed by atoms with Crippen LogP contribution in [-0.4, -0.2) is 48.3 Å². The fourth-order valence-corrected chi connectivity index (χ4v) is 2.26. The highest BCUT2D eigenvalue weighted by Crippen LogP contribution is 2.25. The van der Waals surface area contributed by atoms with Crippen molar-refractivity contribution in [3.63, 3.8) is 0 Å². The van der Waals surface area contributed by atoms with Crippen LogP contribution in [0.4, 0.5) is 5.69 Å². The molecule has 0 atom stereocenters. The summed E-state index contributed by atoms with van der Waals surface area (Å²) in [6, 6.07) is 7.30. The van der Waals surface area contributed by atoms with Crippen LogP contribution < -0.4 is 10.1 Å². The Balaban J connectivity index is 1.85. The van der Waals surface area contributed by atoms with E-state index in [-0.39, 0.29) is 5.91 Å². The Morgan fingerprint density at radius 3 is 2.79 bits per heavy atom. The summed E-state index contributed by atoms with van der Waals surface area (Å²) >= 11 is 0. The number of carbonyl (C=O) groups excluding carboxylic acids is 1. The van der Waals surface area contributed by atoms with Crippen LogP contribution in [0.25, 0.3) is 0 Å². The normalized spacial score (nSPS) is 17.6. The van der Waals surface area contributed by atoms with Crippen molar-refractivity contribution in [1.82, 2.24) is 4.90 Å². The van der Waals surface area contributed by atoms with Gasteiger partial charge in [0.2, 0.25) is 5.91 Å². The van der Waals surface area contributed by atoms with Crippen molar-refractivity contribution >= 4 is 11.6 Å². The third-order valence-electron chi connectivity index (χ3n) is 3.44. The molecule has 1 saturated heterocycles. The molecule has 1 aliphatic heterocycles. The maximum absolute atomic E-state index is 11.9. The number of nitrogens with zero attached hydrogens (tertiary/aromatic N) is 1. The molecule has 0 aliphatic carbocycles. The first kappa shape index (κ1) is 13.8. The molecule has 2 N–H and O–H groups in total. The fourth-order valence-electron chi connectivity index (χ4n) is 2.26. The molecule has 0 bridgehead atoms. The third kappa shape index (κ3) is 3.24. The number of amides is 1. The van der Waals surface area contributed by atoms with Crippen LogP contribution >= 0.6 is 0 Å². The molecule has 1 fully saturated rings. The first-order valence-electron chi connectivity index (χ1n) is 6.44. The lowest BCUT2D eigenvalue weighted by Gasteiger charge is -2.45. The molecule has 1 heterocycles. The van der Waals surface area contributed by atoms with Gasteiger partial charge in [-0.3, -0.25) is 9.69 Å². The summed E-state index contributed by atoms with van der Waals surface area (Å²) in [6.45, 7) is 3.36. The smallest absolute Gasteiger partial charge is 0.238 e. The van der Waals surface area contributed by atoms with Crippen LogP contribution in [0.1, 0.15) is 13.3 Å². The number of anilines is 1. The minimum absolute atomic E-state index is 0.0948. The first-order chi connectivity index (χ1) is 9.06. The van der Waals surface area contributed by atoms with E-state index >= 15 is 0 Å². The molecule has 0 aromatic heterocycles. The summed E-state index contributed by atoms with van der Waals surface area (Å²) in [5, 5.41) is 12.7. The zero-order valence-electron chi connectivity index (χ0n) is 11.3. The summed E-state index contributed by atoms with van der Waals surface area (Å²) in [5.41, 5.74) is 0.0614. The van der Waals surface area contributed by atoms with Crippen molar-refractivity contribution < 1.29 is 14.6 Å². The highest BCUT2D eigenvalue weighted by atomic mass is 16.5. The second kappa shape index (κ2) is 5.59. The number of hydrogen-bond acceptors (Lipinski definition) is 4.